The van der Waals surface area contributed by atoms with Crippen molar-refractivity contribution in [2.45, 2.75) is 25.4 Å². The Morgan fingerprint density at radius 1 is 1.29 bits per heavy atom. The number of nitrogens with zero attached hydrogens (tertiary/aromatic N) is 1. The van der Waals surface area contributed by atoms with Crippen LogP contribution in [0.4, 0.5) is 23.2 Å². The third kappa shape index (κ3) is 3.86. The standard InChI is InChI=1S/C14H15F4NO2/c15-11-8-10(14(16,17)18)1-2-12(11)19-5-3-9(4-6-19)7-13(20)21/h1-2,8-9H,3-7H2,(H,20,21). The molecule has 1 aliphatic heterocycles. The van der Waals surface area contributed by atoms with Gasteiger partial charge in [-0.15, -0.1) is 0 Å². The normalized spacial score (nSPS) is 17.0. The lowest BCUT2D eigenvalue weighted by Crippen LogP contribution is -2.35. The van der Waals surface area contributed by atoms with Crippen LogP contribution >= 0.6 is 0 Å². The van der Waals surface area contributed by atoms with E-state index in [2.05, 4.69) is 0 Å². The summed E-state index contributed by atoms with van der Waals surface area (Å²) in [5.41, 5.74) is -0.874. The number of halogens is 4. The molecule has 0 aliphatic carbocycles. The Morgan fingerprint density at radius 2 is 1.90 bits per heavy atom. The van der Waals surface area contributed by atoms with Crippen LogP contribution in [0.25, 0.3) is 0 Å². The summed E-state index contributed by atoms with van der Waals surface area (Å²) in [6.45, 7) is 0.889. The van der Waals surface area contributed by atoms with Gasteiger partial charge in [-0.25, -0.2) is 4.39 Å². The van der Waals surface area contributed by atoms with Crippen LogP contribution in [-0.2, 0) is 11.0 Å². The first-order valence-electron chi connectivity index (χ1n) is 6.61. The first kappa shape index (κ1) is 15.6. The van der Waals surface area contributed by atoms with E-state index in [4.69, 9.17) is 5.11 Å². The number of hydrogen-bond donors (Lipinski definition) is 1. The number of carbonyl (C=O) groups is 1. The van der Waals surface area contributed by atoms with Gasteiger partial charge in [0.25, 0.3) is 0 Å². The zero-order valence-electron chi connectivity index (χ0n) is 11.2. The largest absolute Gasteiger partial charge is 0.481 e. The van der Waals surface area contributed by atoms with Crippen molar-refractivity contribution in [3.05, 3.63) is 29.6 Å². The molecule has 2 rings (SSSR count). The Morgan fingerprint density at radius 3 is 2.38 bits per heavy atom. The number of anilines is 1. The maximum absolute atomic E-state index is 13.8. The van der Waals surface area contributed by atoms with Gasteiger partial charge in [0, 0.05) is 19.5 Å². The van der Waals surface area contributed by atoms with E-state index in [0.717, 1.165) is 12.1 Å². The molecule has 0 saturated carbocycles. The van der Waals surface area contributed by atoms with Crippen molar-refractivity contribution in [3.63, 3.8) is 0 Å². The summed E-state index contributed by atoms with van der Waals surface area (Å²) in [7, 11) is 0. The van der Waals surface area contributed by atoms with Crippen molar-refractivity contribution >= 4 is 11.7 Å². The van der Waals surface area contributed by atoms with Crippen LogP contribution in [0, 0.1) is 11.7 Å². The summed E-state index contributed by atoms with van der Waals surface area (Å²) in [6, 6.07) is 2.50. The number of carboxylic acid groups (broad SMARTS) is 1. The second-order valence-corrected chi connectivity index (χ2v) is 5.19. The predicted octanol–water partition coefficient (Wildman–Crippen LogP) is 3.54. The van der Waals surface area contributed by atoms with Gasteiger partial charge in [-0.2, -0.15) is 13.2 Å². The number of aliphatic carboxylic acids is 1. The van der Waals surface area contributed by atoms with E-state index in [-0.39, 0.29) is 18.0 Å². The average molecular weight is 305 g/mol. The van der Waals surface area contributed by atoms with E-state index in [0.29, 0.717) is 32.0 Å². The molecule has 21 heavy (non-hydrogen) atoms. The lowest BCUT2D eigenvalue weighted by Gasteiger charge is -2.33. The molecule has 3 nitrogen and oxygen atoms in total. The Hall–Kier alpha value is -1.79. The molecule has 0 atom stereocenters. The highest BCUT2D eigenvalue weighted by molar-refractivity contribution is 5.67. The van der Waals surface area contributed by atoms with Gasteiger partial charge in [-0.1, -0.05) is 0 Å². The third-order valence-electron chi connectivity index (χ3n) is 3.69. The fraction of sp³-hybridized carbons (Fsp3) is 0.500. The smallest absolute Gasteiger partial charge is 0.416 e. The molecule has 1 aromatic carbocycles. The van der Waals surface area contributed by atoms with Crippen LogP contribution in [0.1, 0.15) is 24.8 Å². The van der Waals surface area contributed by atoms with Crippen molar-refractivity contribution in [2.75, 3.05) is 18.0 Å². The van der Waals surface area contributed by atoms with E-state index < -0.39 is 23.5 Å². The number of alkyl halides is 3. The third-order valence-corrected chi connectivity index (χ3v) is 3.69. The van der Waals surface area contributed by atoms with E-state index in [1.165, 1.54) is 0 Å². The minimum Gasteiger partial charge on any atom is -0.481 e. The molecule has 0 spiro atoms. The molecule has 116 valence electrons. The van der Waals surface area contributed by atoms with Crippen molar-refractivity contribution in [3.8, 4) is 0 Å². The summed E-state index contributed by atoms with van der Waals surface area (Å²) < 4.78 is 51.3. The van der Waals surface area contributed by atoms with Crippen molar-refractivity contribution in [1.82, 2.24) is 0 Å². The molecule has 1 saturated heterocycles. The van der Waals surface area contributed by atoms with Crippen LogP contribution in [0.2, 0.25) is 0 Å². The minimum absolute atomic E-state index is 0.0382. The van der Waals surface area contributed by atoms with Crippen molar-refractivity contribution < 1.29 is 27.5 Å². The summed E-state index contributed by atoms with van der Waals surface area (Å²) >= 11 is 0. The molecule has 7 heteroatoms. The highest BCUT2D eigenvalue weighted by atomic mass is 19.4. The van der Waals surface area contributed by atoms with Crippen LogP contribution in [0.5, 0.6) is 0 Å². The molecule has 1 N–H and O–H groups in total. The lowest BCUT2D eigenvalue weighted by molar-refractivity contribution is -0.138. The van der Waals surface area contributed by atoms with E-state index in [9.17, 15) is 22.4 Å². The van der Waals surface area contributed by atoms with Crippen LogP contribution in [0.15, 0.2) is 18.2 Å². The first-order chi connectivity index (χ1) is 9.77. The Kier molecular flexibility index (Phi) is 4.39. The minimum atomic E-state index is -4.56. The number of carboxylic acids is 1. The van der Waals surface area contributed by atoms with Gasteiger partial charge < -0.3 is 10.0 Å². The molecule has 0 amide bonds. The molecule has 1 aliphatic rings. The molecule has 0 unspecified atom stereocenters. The predicted molar refractivity (Wildman–Crippen MR) is 68.6 cm³/mol. The molecule has 0 aromatic heterocycles. The summed E-state index contributed by atoms with van der Waals surface area (Å²) in [4.78, 5) is 12.3. The van der Waals surface area contributed by atoms with E-state index in [1.54, 1.807) is 4.90 Å². The maximum atomic E-state index is 13.8. The van der Waals surface area contributed by atoms with Crippen LogP contribution in [-0.4, -0.2) is 24.2 Å². The van der Waals surface area contributed by atoms with Gasteiger partial charge in [0.15, 0.2) is 0 Å². The summed E-state index contributed by atoms with van der Waals surface area (Å²) in [5.74, 6) is -1.73. The van der Waals surface area contributed by atoms with Gasteiger partial charge >= 0.3 is 12.1 Å². The summed E-state index contributed by atoms with van der Waals surface area (Å²) in [5, 5.41) is 8.72. The Balaban J connectivity index is 2.05. The molecule has 1 heterocycles. The quantitative estimate of drug-likeness (QED) is 0.868. The Bertz CT molecular complexity index is 522. The van der Waals surface area contributed by atoms with Gasteiger partial charge in [0.2, 0.25) is 0 Å². The SMILES string of the molecule is O=C(O)CC1CCN(c2ccc(C(F)(F)F)cc2F)CC1. The molecule has 0 bridgehead atoms. The van der Waals surface area contributed by atoms with Crippen LogP contribution < -0.4 is 4.90 Å². The second kappa shape index (κ2) is 5.91. The van der Waals surface area contributed by atoms with E-state index in [1.807, 2.05) is 0 Å². The number of benzene rings is 1. The van der Waals surface area contributed by atoms with Gasteiger partial charge in [0.1, 0.15) is 5.82 Å². The number of hydrogen-bond acceptors (Lipinski definition) is 2. The van der Waals surface area contributed by atoms with Crippen LogP contribution in [0.3, 0.4) is 0 Å². The highest BCUT2D eigenvalue weighted by Crippen LogP contribution is 2.33. The Labute approximate surface area is 119 Å². The molecule has 1 fully saturated rings. The zero-order valence-corrected chi connectivity index (χ0v) is 11.2. The highest BCUT2D eigenvalue weighted by Gasteiger charge is 2.32. The number of rotatable bonds is 3. The molecular weight excluding hydrogens is 290 g/mol. The monoisotopic (exact) mass is 305 g/mol. The van der Waals surface area contributed by atoms with Crippen molar-refractivity contribution in [2.24, 2.45) is 5.92 Å². The number of piperidine rings is 1. The second-order valence-electron chi connectivity index (χ2n) is 5.19. The van der Waals surface area contributed by atoms with Gasteiger partial charge in [0.05, 0.1) is 11.3 Å². The average Bonchev–Trinajstić information content (AvgIpc) is 2.38. The molecular formula is C14H15F4NO2. The van der Waals surface area contributed by atoms with Gasteiger partial charge in [-0.3, -0.25) is 4.79 Å². The van der Waals surface area contributed by atoms with E-state index >= 15 is 0 Å². The fourth-order valence-electron chi connectivity index (χ4n) is 2.56. The molecule has 0 radical (unpaired) electrons. The summed E-state index contributed by atoms with van der Waals surface area (Å²) in [6.07, 6.45) is -3.31. The first-order valence-corrected chi connectivity index (χ1v) is 6.61. The van der Waals surface area contributed by atoms with Crippen molar-refractivity contribution in [1.29, 1.82) is 0 Å². The lowest BCUT2D eigenvalue weighted by atomic mass is 9.93. The maximum Gasteiger partial charge on any atom is 0.416 e. The fourth-order valence-corrected chi connectivity index (χ4v) is 2.56. The topological polar surface area (TPSA) is 40.5 Å². The zero-order chi connectivity index (χ0) is 15.6. The molecule has 1 aromatic rings. The van der Waals surface area contributed by atoms with Gasteiger partial charge in [-0.05, 0) is 37.0 Å².